The Kier molecular flexibility index (Phi) is 3.33. The standard InChI is InChI=1S/C13H16N4OS/c1-16-11(4-5-15-16)13(18)17-7-2-3-10(9-17)12-14-6-8-19-12/h4-6,8,10H,2-3,7,9H2,1H3. The molecule has 100 valence electrons. The highest BCUT2D eigenvalue weighted by Crippen LogP contribution is 2.28. The molecule has 19 heavy (non-hydrogen) atoms. The SMILES string of the molecule is Cn1nccc1C(=O)N1CCCC(c2nccs2)C1. The maximum absolute atomic E-state index is 12.4. The normalized spacial score (nSPS) is 19.6. The molecule has 0 radical (unpaired) electrons. The van der Waals surface area contributed by atoms with Gasteiger partial charge >= 0.3 is 0 Å². The van der Waals surface area contributed by atoms with Crippen molar-refractivity contribution in [2.75, 3.05) is 13.1 Å². The minimum absolute atomic E-state index is 0.0706. The molecular formula is C13H16N4OS. The van der Waals surface area contributed by atoms with Crippen molar-refractivity contribution in [2.45, 2.75) is 18.8 Å². The van der Waals surface area contributed by atoms with Gasteiger partial charge in [-0.05, 0) is 18.9 Å². The largest absolute Gasteiger partial charge is 0.337 e. The van der Waals surface area contributed by atoms with E-state index >= 15 is 0 Å². The van der Waals surface area contributed by atoms with E-state index < -0.39 is 0 Å². The summed E-state index contributed by atoms with van der Waals surface area (Å²) >= 11 is 1.68. The van der Waals surface area contributed by atoms with E-state index in [0.717, 1.165) is 30.9 Å². The Labute approximate surface area is 115 Å². The fourth-order valence-corrected chi connectivity index (χ4v) is 3.31. The van der Waals surface area contributed by atoms with Crippen LogP contribution < -0.4 is 0 Å². The summed E-state index contributed by atoms with van der Waals surface area (Å²) in [4.78, 5) is 18.7. The molecule has 0 bridgehead atoms. The molecule has 0 saturated carbocycles. The molecule has 3 rings (SSSR count). The van der Waals surface area contributed by atoms with E-state index in [2.05, 4.69) is 10.1 Å². The highest BCUT2D eigenvalue weighted by Gasteiger charge is 2.27. The van der Waals surface area contributed by atoms with Crippen LogP contribution in [-0.2, 0) is 7.05 Å². The summed E-state index contributed by atoms with van der Waals surface area (Å²) in [6, 6.07) is 1.77. The monoisotopic (exact) mass is 276 g/mol. The van der Waals surface area contributed by atoms with Crippen molar-refractivity contribution in [3.05, 3.63) is 34.5 Å². The molecule has 2 aromatic rings. The third-order valence-corrected chi connectivity index (χ3v) is 4.49. The number of aryl methyl sites for hydroxylation is 1. The lowest BCUT2D eigenvalue weighted by Gasteiger charge is -2.31. The van der Waals surface area contributed by atoms with E-state index in [1.54, 1.807) is 35.3 Å². The van der Waals surface area contributed by atoms with Crippen molar-refractivity contribution >= 4 is 17.2 Å². The van der Waals surface area contributed by atoms with Gasteiger partial charge in [-0.3, -0.25) is 9.48 Å². The second-order valence-corrected chi connectivity index (χ2v) is 5.73. The first-order valence-corrected chi connectivity index (χ1v) is 7.30. The van der Waals surface area contributed by atoms with Crippen LogP contribution in [-0.4, -0.2) is 38.7 Å². The molecule has 1 atom stereocenters. The van der Waals surface area contributed by atoms with Crippen LogP contribution in [0.2, 0.25) is 0 Å². The third kappa shape index (κ3) is 2.40. The molecule has 0 N–H and O–H groups in total. The van der Waals surface area contributed by atoms with Gasteiger partial charge in [-0.25, -0.2) is 4.98 Å². The summed E-state index contributed by atoms with van der Waals surface area (Å²) in [5.74, 6) is 0.451. The van der Waals surface area contributed by atoms with Crippen LogP contribution in [0.3, 0.4) is 0 Å². The van der Waals surface area contributed by atoms with Crippen molar-refractivity contribution in [3.63, 3.8) is 0 Å². The summed E-state index contributed by atoms with van der Waals surface area (Å²) in [6.07, 6.45) is 5.65. The predicted octanol–water partition coefficient (Wildman–Crippen LogP) is 1.90. The number of thiazole rings is 1. The van der Waals surface area contributed by atoms with Crippen molar-refractivity contribution in [3.8, 4) is 0 Å². The number of amides is 1. The van der Waals surface area contributed by atoms with E-state index in [-0.39, 0.29) is 5.91 Å². The fourth-order valence-electron chi connectivity index (χ4n) is 2.54. The Bertz CT molecular complexity index is 563. The average Bonchev–Trinajstić information content (AvgIpc) is 3.09. The molecule has 1 aliphatic heterocycles. The number of hydrogen-bond acceptors (Lipinski definition) is 4. The molecule has 1 saturated heterocycles. The summed E-state index contributed by atoms with van der Waals surface area (Å²) < 4.78 is 1.63. The van der Waals surface area contributed by atoms with Gasteiger partial charge in [0.05, 0.1) is 5.01 Å². The number of carbonyl (C=O) groups is 1. The first kappa shape index (κ1) is 12.3. The lowest BCUT2D eigenvalue weighted by Crippen LogP contribution is -2.39. The second-order valence-electron chi connectivity index (χ2n) is 4.80. The first-order chi connectivity index (χ1) is 9.25. The first-order valence-electron chi connectivity index (χ1n) is 6.42. The van der Waals surface area contributed by atoms with Crippen LogP contribution in [0.4, 0.5) is 0 Å². The smallest absolute Gasteiger partial charge is 0.272 e. The Morgan fingerprint density at radius 3 is 3.05 bits per heavy atom. The summed E-state index contributed by atoms with van der Waals surface area (Å²) in [5.41, 5.74) is 0.653. The van der Waals surface area contributed by atoms with Gasteiger partial charge in [0.2, 0.25) is 0 Å². The van der Waals surface area contributed by atoms with Crippen molar-refractivity contribution in [2.24, 2.45) is 7.05 Å². The van der Waals surface area contributed by atoms with E-state index in [0.29, 0.717) is 11.6 Å². The van der Waals surface area contributed by atoms with E-state index in [1.165, 1.54) is 0 Å². The van der Waals surface area contributed by atoms with Crippen LogP contribution >= 0.6 is 11.3 Å². The second kappa shape index (κ2) is 5.13. The van der Waals surface area contributed by atoms with Gasteiger partial charge in [0, 0.05) is 43.8 Å². The van der Waals surface area contributed by atoms with Crippen LogP contribution in [0.1, 0.15) is 34.3 Å². The fraction of sp³-hybridized carbons (Fsp3) is 0.462. The van der Waals surface area contributed by atoms with Crippen molar-refractivity contribution in [1.29, 1.82) is 0 Å². The zero-order valence-electron chi connectivity index (χ0n) is 10.8. The lowest BCUT2D eigenvalue weighted by molar-refractivity contribution is 0.0696. The average molecular weight is 276 g/mol. The molecule has 0 spiro atoms. The van der Waals surface area contributed by atoms with Gasteiger partial charge in [0.1, 0.15) is 5.69 Å². The molecule has 1 fully saturated rings. The minimum Gasteiger partial charge on any atom is -0.337 e. The Morgan fingerprint density at radius 2 is 2.37 bits per heavy atom. The molecule has 2 aromatic heterocycles. The van der Waals surface area contributed by atoms with Gasteiger partial charge in [-0.2, -0.15) is 5.10 Å². The minimum atomic E-state index is 0.0706. The summed E-state index contributed by atoms with van der Waals surface area (Å²) in [5, 5.41) is 7.20. The van der Waals surface area contributed by atoms with Crippen LogP contribution in [0.5, 0.6) is 0 Å². The summed E-state index contributed by atoms with van der Waals surface area (Å²) in [6.45, 7) is 1.59. The maximum Gasteiger partial charge on any atom is 0.272 e. The highest BCUT2D eigenvalue weighted by atomic mass is 32.1. The molecule has 5 nitrogen and oxygen atoms in total. The molecule has 3 heterocycles. The molecule has 0 aliphatic carbocycles. The third-order valence-electron chi connectivity index (χ3n) is 3.55. The van der Waals surface area contributed by atoms with Gasteiger partial charge < -0.3 is 4.90 Å². The molecule has 1 unspecified atom stereocenters. The number of piperidine rings is 1. The maximum atomic E-state index is 12.4. The van der Waals surface area contributed by atoms with Gasteiger partial charge in [0.15, 0.2) is 0 Å². The van der Waals surface area contributed by atoms with E-state index in [9.17, 15) is 4.79 Å². The number of aromatic nitrogens is 3. The molecule has 1 aliphatic rings. The molecule has 1 amide bonds. The Balaban J connectivity index is 1.75. The van der Waals surface area contributed by atoms with Crippen LogP contribution in [0.25, 0.3) is 0 Å². The topological polar surface area (TPSA) is 51.0 Å². The van der Waals surface area contributed by atoms with Crippen molar-refractivity contribution in [1.82, 2.24) is 19.7 Å². The predicted molar refractivity (Wildman–Crippen MR) is 73.2 cm³/mol. The Hall–Kier alpha value is -1.69. The quantitative estimate of drug-likeness (QED) is 0.841. The molecular weight excluding hydrogens is 260 g/mol. The number of nitrogens with zero attached hydrogens (tertiary/aromatic N) is 4. The van der Waals surface area contributed by atoms with Crippen LogP contribution in [0.15, 0.2) is 23.8 Å². The summed E-state index contributed by atoms with van der Waals surface area (Å²) in [7, 11) is 1.80. The number of carbonyl (C=O) groups excluding carboxylic acids is 1. The lowest BCUT2D eigenvalue weighted by atomic mass is 9.98. The highest BCUT2D eigenvalue weighted by molar-refractivity contribution is 7.09. The zero-order valence-corrected chi connectivity index (χ0v) is 11.6. The van der Waals surface area contributed by atoms with E-state index in [4.69, 9.17) is 0 Å². The van der Waals surface area contributed by atoms with Crippen molar-refractivity contribution < 1.29 is 4.79 Å². The number of hydrogen-bond donors (Lipinski definition) is 0. The van der Waals surface area contributed by atoms with Gasteiger partial charge in [0.25, 0.3) is 5.91 Å². The number of likely N-dealkylation sites (tertiary alicyclic amines) is 1. The molecule has 0 aromatic carbocycles. The Morgan fingerprint density at radius 1 is 1.47 bits per heavy atom. The number of rotatable bonds is 2. The zero-order chi connectivity index (χ0) is 13.2. The molecule has 6 heteroatoms. The van der Waals surface area contributed by atoms with E-state index in [1.807, 2.05) is 16.5 Å². The van der Waals surface area contributed by atoms with Crippen LogP contribution in [0, 0.1) is 0 Å². The van der Waals surface area contributed by atoms with Gasteiger partial charge in [-0.1, -0.05) is 0 Å². The van der Waals surface area contributed by atoms with Gasteiger partial charge in [-0.15, -0.1) is 11.3 Å².